The van der Waals surface area contributed by atoms with Crippen molar-refractivity contribution >= 4 is 0 Å². The van der Waals surface area contributed by atoms with E-state index in [0.717, 1.165) is 5.57 Å². The van der Waals surface area contributed by atoms with E-state index in [1.54, 1.807) is 0 Å². The van der Waals surface area contributed by atoms with Crippen molar-refractivity contribution in [2.45, 2.75) is 19.9 Å². The molecule has 0 aromatic heterocycles. The standard InChI is InChI=1S/C5H12N2/c1-4(3-6)5(2)7/h3,5H,6-7H2,1-2H3/b4-3+. The molecule has 0 aromatic carbocycles. The summed E-state index contributed by atoms with van der Waals surface area (Å²) in [7, 11) is 0. The molecule has 0 aliphatic heterocycles. The summed E-state index contributed by atoms with van der Waals surface area (Å²) in [5.74, 6) is 0. The quantitative estimate of drug-likeness (QED) is 0.494. The van der Waals surface area contributed by atoms with Crippen LogP contribution in [0.4, 0.5) is 0 Å². The third kappa shape index (κ3) is 2.23. The van der Waals surface area contributed by atoms with Crippen LogP contribution in [0.3, 0.4) is 0 Å². The Morgan fingerprint density at radius 3 is 2.14 bits per heavy atom. The molecular weight excluding hydrogens is 88.1 g/mol. The molecule has 0 aromatic rings. The molecule has 4 N–H and O–H groups in total. The van der Waals surface area contributed by atoms with Gasteiger partial charge in [-0.25, -0.2) is 0 Å². The summed E-state index contributed by atoms with van der Waals surface area (Å²) in [6, 6.07) is 0.102. The minimum absolute atomic E-state index is 0.102. The van der Waals surface area contributed by atoms with Crippen LogP contribution in [0.5, 0.6) is 0 Å². The molecule has 1 unspecified atom stereocenters. The topological polar surface area (TPSA) is 52.0 Å². The van der Waals surface area contributed by atoms with Gasteiger partial charge in [0.15, 0.2) is 0 Å². The first-order chi connectivity index (χ1) is 3.18. The third-order valence-corrected chi connectivity index (χ3v) is 0.981. The normalized spacial score (nSPS) is 16.7. The molecule has 0 amide bonds. The van der Waals surface area contributed by atoms with Gasteiger partial charge in [-0.2, -0.15) is 0 Å². The summed E-state index contributed by atoms with van der Waals surface area (Å²) < 4.78 is 0. The van der Waals surface area contributed by atoms with Crippen molar-refractivity contribution in [3.8, 4) is 0 Å². The van der Waals surface area contributed by atoms with Crippen molar-refractivity contribution in [2.24, 2.45) is 11.5 Å². The molecule has 0 rings (SSSR count). The minimum atomic E-state index is 0.102. The van der Waals surface area contributed by atoms with Gasteiger partial charge in [-0.1, -0.05) is 0 Å². The van der Waals surface area contributed by atoms with Gasteiger partial charge in [0.25, 0.3) is 0 Å². The highest BCUT2D eigenvalue weighted by Gasteiger charge is 1.91. The van der Waals surface area contributed by atoms with Gasteiger partial charge >= 0.3 is 0 Å². The molecule has 2 heteroatoms. The van der Waals surface area contributed by atoms with E-state index in [1.165, 1.54) is 6.20 Å². The Kier molecular flexibility index (Phi) is 2.45. The molecule has 0 aliphatic carbocycles. The lowest BCUT2D eigenvalue weighted by molar-refractivity contribution is 0.856. The second-order valence-corrected chi connectivity index (χ2v) is 1.70. The van der Waals surface area contributed by atoms with E-state index in [1.807, 2.05) is 13.8 Å². The van der Waals surface area contributed by atoms with Crippen molar-refractivity contribution in [1.29, 1.82) is 0 Å². The molecule has 0 saturated carbocycles. The average molecular weight is 100 g/mol. The van der Waals surface area contributed by atoms with Crippen LogP contribution in [-0.2, 0) is 0 Å². The van der Waals surface area contributed by atoms with Gasteiger partial charge in [-0.05, 0) is 25.6 Å². The van der Waals surface area contributed by atoms with Gasteiger partial charge in [0.1, 0.15) is 0 Å². The summed E-state index contributed by atoms with van der Waals surface area (Å²) in [4.78, 5) is 0. The Morgan fingerprint density at radius 1 is 1.71 bits per heavy atom. The summed E-state index contributed by atoms with van der Waals surface area (Å²) in [5, 5.41) is 0. The molecule has 2 nitrogen and oxygen atoms in total. The minimum Gasteiger partial charge on any atom is -0.405 e. The van der Waals surface area contributed by atoms with Crippen molar-refractivity contribution < 1.29 is 0 Å². The van der Waals surface area contributed by atoms with Crippen LogP contribution in [0.1, 0.15) is 13.8 Å². The Balaban J connectivity index is 3.56. The number of hydrogen-bond donors (Lipinski definition) is 2. The third-order valence-electron chi connectivity index (χ3n) is 0.981. The lowest BCUT2D eigenvalue weighted by Gasteiger charge is -2.00. The Morgan fingerprint density at radius 2 is 2.14 bits per heavy atom. The zero-order valence-corrected chi connectivity index (χ0v) is 4.81. The van der Waals surface area contributed by atoms with Crippen molar-refractivity contribution in [1.82, 2.24) is 0 Å². The monoisotopic (exact) mass is 100 g/mol. The van der Waals surface area contributed by atoms with Crippen molar-refractivity contribution in [2.75, 3.05) is 0 Å². The van der Waals surface area contributed by atoms with Crippen LogP contribution in [0.25, 0.3) is 0 Å². The first-order valence-electron chi connectivity index (χ1n) is 2.32. The molecule has 0 bridgehead atoms. The molecule has 0 spiro atoms. The first-order valence-corrected chi connectivity index (χ1v) is 2.32. The molecule has 1 atom stereocenters. The van der Waals surface area contributed by atoms with Crippen molar-refractivity contribution in [3.05, 3.63) is 11.8 Å². The van der Waals surface area contributed by atoms with Crippen LogP contribution in [-0.4, -0.2) is 6.04 Å². The largest absolute Gasteiger partial charge is 0.405 e. The fourth-order valence-corrected chi connectivity index (χ4v) is 0.152. The van der Waals surface area contributed by atoms with Crippen LogP contribution in [0.2, 0.25) is 0 Å². The summed E-state index contributed by atoms with van der Waals surface area (Å²) in [6.45, 7) is 3.81. The highest BCUT2D eigenvalue weighted by molar-refractivity contribution is 5.01. The van der Waals surface area contributed by atoms with Gasteiger partial charge in [-0.3, -0.25) is 0 Å². The number of hydrogen-bond acceptors (Lipinski definition) is 2. The van der Waals surface area contributed by atoms with E-state index in [-0.39, 0.29) is 6.04 Å². The van der Waals surface area contributed by atoms with E-state index < -0.39 is 0 Å². The molecule has 7 heavy (non-hydrogen) atoms. The zero-order valence-electron chi connectivity index (χ0n) is 4.81. The highest BCUT2D eigenvalue weighted by Crippen LogP contribution is 1.91. The Hall–Kier alpha value is -0.500. The summed E-state index contributed by atoms with van der Waals surface area (Å²) in [6.07, 6.45) is 1.53. The second-order valence-electron chi connectivity index (χ2n) is 1.70. The Labute approximate surface area is 44.2 Å². The second kappa shape index (κ2) is 2.64. The van der Waals surface area contributed by atoms with Gasteiger partial charge < -0.3 is 11.5 Å². The van der Waals surface area contributed by atoms with Crippen LogP contribution >= 0.6 is 0 Å². The zero-order chi connectivity index (χ0) is 5.86. The Bertz CT molecular complexity index is 74.1. The predicted octanol–water partition coefficient (Wildman–Crippen LogP) is 0.196. The van der Waals surface area contributed by atoms with E-state index in [0.29, 0.717) is 0 Å². The smallest absolute Gasteiger partial charge is 0.0239 e. The fourth-order valence-electron chi connectivity index (χ4n) is 0.152. The van der Waals surface area contributed by atoms with E-state index in [2.05, 4.69) is 0 Å². The predicted molar refractivity (Wildman–Crippen MR) is 31.6 cm³/mol. The van der Waals surface area contributed by atoms with Gasteiger partial charge in [-0.15, -0.1) is 0 Å². The molecular formula is C5H12N2. The first kappa shape index (κ1) is 6.50. The lowest BCUT2D eigenvalue weighted by atomic mass is 10.2. The van der Waals surface area contributed by atoms with Gasteiger partial charge in [0, 0.05) is 6.04 Å². The van der Waals surface area contributed by atoms with E-state index >= 15 is 0 Å². The maximum atomic E-state index is 5.40. The molecule has 0 aliphatic rings. The van der Waals surface area contributed by atoms with Crippen LogP contribution < -0.4 is 11.5 Å². The van der Waals surface area contributed by atoms with E-state index in [9.17, 15) is 0 Å². The summed E-state index contributed by atoms with van der Waals surface area (Å²) >= 11 is 0. The highest BCUT2D eigenvalue weighted by atomic mass is 14.6. The van der Waals surface area contributed by atoms with Gasteiger partial charge in [0.2, 0.25) is 0 Å². The lowest BCUT2D eigenvalue weighted by Crippen LogP contribution is -2.16. The summed E-state index contributed by atoms with van der Waals surface area (Å²) in [5.41, 5.74) is 11.6. The molecule has 0 heterocycles. The fraction of sp³-hybridized carbons (Fsp3) is 0.600. The van der Waals surface area contributed by atoms with Crippen LogP contribution in [0.15, 0.2) is 11.8 Å². The maximum Gasteiger partial charge on any atom is 0.0239 e. The molecule has 42 valence electrons. The molecule has 0 saturated heterocycles. The molecule has 0 fully saturated rings. The number of nitrogens with two attached hydrogens (primary N) is 2. The van der Waals surface area contributed by atoms with Crippen LogP contribution in [0, 0.1) is 0 Å². The van der Waals surface area contributed by atoms with E-state index in [4.69, 9.17) is 11.5 Å². The SMILES string of the molecule is C/C(=C\N)C(C)N. The maximum absolute atomic E-state index is 5.40. The average Bonchev–Trinajstić information content (AvgIpc) is 1.65. The van der Waals surface area contributed by atoms with Gasteiger partial charge in [0.05, 0.1) is 0 Å². The number of rotatable bonds is 1. The molecule has 0 radical (unpaired) electrons. The van der Waals surface area contributed by atoms with Crippen molar-refractivity contribution in [3.63, 3.8) is 0 Å².